The van der Waals surface area contributed by atoms with Gasteiger partial charge in [0.15, 0.2) is 0 Å². The molecule has 3 aromatic rings. The summed E-state index contributed by atoms with van der Waals surface area (Å²) in [5, 5.41) is 9.85. The van der Waals surface area contributed by atoms with Gasteiger partial charge in [-0.2, -0.15) is 5.26 Å². The van der Waals surface area contributed by atoms with Gasteiger partial charge in [0.05, 0.1) is 12.1 Å². The van der Waals surface area contributed by atoms with Crippen LogP contribution < -0.4 is 4.90 Å². The van der Waals surface area contributed by atoms with E-state index in [1.54, 1.807) is 18.3 Å². The van der Waals surface area contributed by atoms with Crippen molar-refractivity contribution in [1.82, 2.24) is 4.98 Å². The van der Waals surface area contributed by atoms with E-state index in [0.29, 0.717) is 22.9 Å². The minimum atomic E-state index is 0.527. The second-order valence-electron chi connectivity index (χ2n) is 5.12. The fraction of sp³-hybridized carbons (Fsp3) is 0.111. The number of pyridine rings is 1. The number of aromatic nitrogens is 1. The summed E-state index contributed by atoms with van der Waals surface area (Å²) in [6.45, 7) is 0.527. The number of rotatable bonds is 4. The summed E-state index contributed by atoms with van der Waals surface area (Å²) in [5.41, 5.74) is 1.51. The van der Waals surface area contributed by atoms with Gasteiger partial charge in [-0.15, -0.1) is 0 Å². The number of nitrogens with zero attached hydrogens (tertiary/aromatic N) is 3. The van der Waals surface area contributed by atoms with E-state index in [1.807, 2.05) is 48.3 Å². The molecule has 0 aliphatic carbocycles. The lowest BCUT2D eigenvalue weighted by molar-refractivity contribution is 0.519. The van der Waals surface area contributed by atoms with Gasteiger partial charge in [-0.1, -0.05) is 11.6 Å². The van der Waals surface area contributed by atoms with E-state index in [4.69, 9.17) is 21.3 Å². The summed E-state index contributed by atoms with van der Waals surface area (Å²) in [6.07, 6.45) is 1.67. The van der Waals surface area contributed by atoms with Crippen molar-refractivity contribution < 1.29 is 4.42 Å². The van der Waals surface area contributed by atoms with Gasteiger partial charge in [0, 0.05) is 23.8 Å². The summed E-state index contributed by atoms with van der Waals surface area (Å²) in [4.78, 5) is 6.16. The molecule has 0 spiro atoms. The van der Waals surface area contributed by atoms with Gasteiger partial charge in [0.25, 0.3) is 0 Å². The molecule has 2 heterocycles. The molecule has 0 saturated carbocycles. The molecular formula is C18H14ClN3O. The van der Waals surface area contributed by atoms with Gasteiger partial charge < -0.3 is 9.32 Å². The van der Waals surface area contributed by atoms with E-state index >= 15 is 0 Å². The number of benzene rings is 1. The Kier molecular flexibility index (Phi) is 4.31. The first-order chi connectivity index (χ1) is 11.2. The smallest absolute Gasteiger partial charge is 0.146 e. The predicted octanol–water partition coefficient (Wildman–Crippen LogP) is 4.50. The van der Waals surface area contributed by atoms with Crippen LogP contribution in [0.2, 0.25) is 5.02 Å². The molecule has 0 aliphatic heterocycles. The molecule has 2 aromatic heterocycles. The van der Waals surface area contributed by atoms with E-state index in [-0.39, 0.29) is 0 Å². The number of anilines is 1. The Hall–Kier alpha value is -2.77. The van der Waals surface area contributed by atoms with E-state index in [2.05, 4.69) is 11.1 Å². The van der Waals surface area contributed by atoms with Crippen LogP contribution in [-0.2, 0) is 6.54 Å². The molecule has 0 N–H and O–H groups in total. The maximum atomic E-state index is 9.16. The molecule has 0 atom stereocenters. The first-order valence-electron chi connectivity index (χ1n) is 7.08. The van der Waals surface area contributed by atoms with Crippen molar-refractivity contribution in [3.05, 3.63) is 71.1 Å². The number of hydrogen-bond donors (Lipinski definition) is 0. The third-order valence-electron chi connectivity index (χ3n) is 3.45. The Morgan fingerprint density at radius 2 is 1.96 bits per heavy atom. The summed E-state index contributed by atoms with van der Waals surface area (Å²) < 4.78 is 5.88. The molecule has 1 aromatic carbocycles. The van der Waals surface area contributed by atoms with E-state index in [0.717, 1.165) is 17.1 Å². The largest absolute Gasteiger partial charge is 0.459 e. The second kappa shape index (κ2) is 6.55. The van der Waals surface area contributed by atoms with Crippen LogP contribution in [0.5, 0.6) is 0 Å². The molecule has 0 saturated heterocycles. The third kappa shape index (κ3) is 3.36. The van der Waals surface area contributed by atoms with Gasteiger partial charge in [-0.25, -0.2) is 4.98 Å². The maximum absolute atomic E-state index is 9.16. The molecule has 23 heavy (non-hydrogen) atoms. The number of furan rings is 1. The van der Waals surface area contributed by atoms with Crippen molar-refractivity contribution in [2.24, 2.45) is 0 Å². The summed E-state index contributed by atoms with van der Waals surface area (Å²) >= 11 is 5.90. The van der Waals surface area contributed by atoms with Crippen LogP contribution in [0.1, 0.15) is 11.3 Å². The average molecular weight is 324 g/mol. The zero-order valence-corrected chi connectivity index (χ0v) is 13.3. The van der Waals surface area contributed by atoms with Crippen LogP contribution >= 0.6 is 11.6 Å². The van der Waals surface area contributed by atoms with Gasteiger partial charge >= 0.3 is 0 Å². The lowest BCUT2D eigenvalue weighted by atomic mass is 10.2. The Labute approximate surface area is 139 Å². The Morgan fingerprint density at radius 1 is 1.17 bits per heavy atom. The van der Waals surface area contributed by atoms with Crippen LogP contribution in [0, 0.1) is 11.3 Å². The Bertz CT molecular complexity index is 849. The SMILES string of the molecule is CN(Cc1ccc(-c2ccc(Cl)cc2)o1)c1ncccc1C#N. The fourth-order valence-corrected chi connectivity index (χ4v) is 2.46. The standard InChI is InChI=1S/C18H14ClN3O/c1-22(18-14(11-20)3-2-10-21-18)12-16-8-9-17(23-16)13-4-6-15(19)7-5-13/h2-10H,12H2,1H3. The average Bonchev–Trinajstić information content (AvgIpc) is 3.04. The lowest BCUT2D eigenvalue weighted by Gasteiger charge is -2.17. The van der Waals surface area contributed by atoms with Crippen LogP contribution in [0.25, 0.3) is 11.3 Å². The maximum Gasteiger partial charge on any atom is 0.146 e. The van der Waals surface area contributed by atoms with E-state index in [9.17, 15) is 0 Å². The Morgan fingerprint density at radius 3 is 2.70 bits per heavy atom. The van der Waals surface area contributed by atoms with E-state index in [1.165, 1.54) is 0 Å². The van der Waals surface area contributed by atoms with Crippen LogP contribution in [0.4, 0.5) is 5.82 Å². The quantitative estimate of drug-likeness (QED) is 0.709. The highest BCUT2D eigenvalue weighted by molar-refractivity contribution is 6.30. The van der Waals surface area contributed by atoms with Gasteiger partial charge in [-0.05, 0) is 48.5 Å². The highest BCUT2D eigenvalue weighted by Gasteiger charge is 2.11. The lowest BCUT2D eigenvalue weighted by Crippen LogP contribution is -2.18. The third-order valence-corrected chi connectivity index (χ3v) is 3.70. The topological polar surface area (TPSA) is 53.1 Å². The molecule has 3 rings (SSSR count). The summed E-state index contributed by atoms with van der Waals surface area (Å²) in [5.74, 6) is 2.22. The zero-order valence-electron chi connectivity index (χ0n) is 12.5. The zero-order chi connectivity index (χ0) is 16.2. The highest BCUT2D eigenvalue weighted by atomic mass is 35.5. The monoisotopic (exact) mass is 323 g/mol. The van der Waals surface area contributed by atoms with E-state index < -0.39 is 0 Å². The number of halogens is 1. The molecule has 0 radical (unpaired) electrons. The number of nitriles is 1. The molecule has 114 valence electrons. The minimum Gasteiger partial charge on any atom is -0.459 e. The summed E-state index contributed by atoms with van der Waals surface area (Å²) in [7, 11) is 1.88. The first kappa shape index (κ1) is 15.1. The van der Waals surface area contributed by atoms with Crippen molar-refractivity contribution >= 4 is 17.4 Å². The molecule has 0 aliphatic rings. The Balaban J connectivity index is 1.79. The molecule has 4 nitrogen and oxygen atoms in total. The molecular weight excluding hydrogens is 310 g/mol. The van der Waals surface area contributed by atoms with Gasteiger partial charge in [0.2, 0.25) is 0 Å². The highest BCUT2D eigenvalue weighted by Crippen LogP contribution is 2.25. The van der Waals surface area contributed by atoms with Gasteiger partial charge in [0.1, 0.15) is 23.4 Å². The molecule has 0 fully saturated rings. The van der Waals surface area contributed by atoms with Crippen molar-refractivity contribution in [2.75, 3.05) is 11.9 Å². The first-order valence-corrected chi connectivity index (χ1v) is 7.46. The number of hydrogen-bond acceptors (Lipinski definition) is 4. The normalized spacial score (nSPS) is 10.3. The van der Waals surface area contributed by atoms with Crippen LogP contribution in [-0.4, -0.2) is 12.0 Å². The van der Waals surface area contributed by atoms with Gasteiger partial charge in [-0.3, -0.25) is 0 Å². The second-order valence-corrected chi connectivity index (χ2v) is 5.55. The predicted molar refractivity (Wildman–Crippen MR) is 90.2 cm³/mol. The summed E-state index contributed by atoms with van der Waals surface area (Å²) in [6, 6.07) is 17.0. The molecule has 5 heteroatoms. The van der Waals surface area contributed by atoms with Crippen molar-refractivity contribution in [1.29, 1.82) is 5.26 Å². The molecule has 0 amide bonds. The van der Waals surface area contributed by atoms with Crippen molar-refractivity contribution in [3.63, 3.8) is 0 Å². The van der Waals surface area contributed by atoms with Crippen LogP contribution in [0.3, 0.4) is 0 Å². The van der Waals surface area contributed by atoms with Crippen molar-refractivity contribution in [2.45, 2.75) is 6.54 Å². The minimum absolute atomic E-state index is 0.527. The molecule has 0 unspecified atom stereocenters. The van der Waals surface area contributed by atoms with Crippen molar-refractivity contribution in [3.8, 4) is 17.4 Å². The van der Waals surface area contributed by atoms with Crippen LogP contribution in [0.15, 0.2) is 59.1 Å². The molecule has 0 bridgehead atoms. The fourth-order valence-electron chi connectivity index (χ4n) is 2.33.